The molecule has 4 rings (SSSR count). The summed E-state index contributed by atoms with van der Waals surface area (Å²) in [5.41, 5.74) is 1.45. The lowest BCUT2D eigenvalue weighted by Crippen LogP contribution is -2.49. The second kappa shape index (κ2) is 8.53. The zero-order chi connectivity index (χ0) is 20.3. The topological polar surface area (TPSA) is 94.1 Å². The highest BCUT2D eigenvalue weighted by atomic mass is 16.3. The molecule has 1 aliphatic heterocycles. The number of hydrogen-bond donors (Lipinski definition) is 3. The van der Waals surface area contributed by atoms with E-state index in [-0.39, 0.29) is 12.5 Å². The lowest BCUT2D eigenvalue weighted by atomic mass is 9.75. The first-order chi connectivity index (χ1) is 14.1. The van der Waals surface area contributed by atoms with Gasteiger partial charge in [0.25, 0.3) is 0 Å². The Kier molecular flexibility index (Phi) is 5.85. The van der Waals surface area contributed by atoms with Gasteiger partial charge in [-0.2, -0.15) is 5.10 Å². The third kappa shape index (κ3) is 4.29. The molecular formula is C22H31N5O2. The van der Waals surface area contributed by atoms with Crippen LogP contribution in [0.5, 0.6) is 0 Å². The summed E-state index contributed by atoms with van der Waals surface area (Å²) in [6, 6.07) is 7.77. The highest BCUT2D eigenvalue weighted by molar-refractivity contribution is 5.79. The van der Waals surface area contributed by atoms with Gasteiger partial charge in [0.15, 0.2) is 5.82 Å². The van der Waals surface area contributed by atoms with Gasteiger partial charge in [-0.1, -0.05) is 25.3 Å². The Morgan fingerprint density at radius 1 is 1.24 bits per heavy atom. The third-order valence-electron chi connectivity index (χ3n) is 6.54. The van der Waals surface area contributed by atoms with E-state index in [0.717, 1.165) is 42.9 Å². The van der Waals surface area contributed by atoms with Crippen LogP contribution in [0.25, 0.3) is 0 Å². The molecule has 1 aliphatic carbocycles. The first kappa shape index (κ1) is 19.9. The number of piperidine rings is 1. The normalized spacial score (nSPS) is 19.9. The van der Waals surface area contributed by atoms with Gasteiger partial charge in [0.2, 0.25) is 5.91 Å². The van der Waals surface area contributed by atoms with Crippen molar-refractivity contribution < 1.29 is 9.90 Å². The number of carbonyl (C=O) groups is 1. The largest absolute Gasteiger partial charge is 0.395 e. The molecule has 2 aromatic rings. The summed E-state index contributed by atoms with van der Waals surface area (Å²) in [6.45, 7) is 3.36. The number of aromatic nitrogens is 3. The molecule has 1 amide bonds. The van der Waals surface area contributed by atoms with E-state index < -0.39 is 5.41 Å². The summed E-state index contributed by atoms with van der Waals surface area (Å²) in [7, 11) is 0. The lowest BCUT2D eigenvalue weighted by Gasteiger charge is -2.41. The molecule has 1 saturated carbocycles. The monoisotopic (exact) mass is 397 g/mol. The van der Waals surface area contributed by atoms with Crippen LogP contribution in [0.4, 0.5) is 11.6 Å². The minimum atomic E-state index is -0.400. The number of nitrogens with zero attached hydrogens (tertiary/aromatic N) is 3. The van der Waals surface area contributed by atoms with Gasteiger partial charge in [-0.25, -0.2) is 4.98 Å². The van der Waals surface area contributed by atoms with Crippen LogP contribution in [0.15, 0.2) is 24.3 Å². The van der Waals surface area contributed by atoms with Gasteiger partial charge in [-0.3, -0.25) is 9.89 Å². The second-order valence-electron chi connectivity index (χ2n) is 8.57. The number of likely N-dealkylation sites (tertiary alicyclic amines) is 1. The second-order valence-corrected chi connectivity index (χ2v) is 8.57. The van der Waals surface area contributed by atoms with Gasteiger partial charge in [0.05, 0.1) is 12.3 Å². The maximum atomic E-state index is 12.9. The molecule has 2 fully saturated rings. The first-order valence-electron chi connectivity index (χ1n) is 10.8. The Morgan fingerprint density at radius 2 is 2.00 bits per heavy atom. The van der Waals surface area contributed by atoms with E-state index in [1.54, 1.807) is 0 Å². The van der Waals surface area contributed by atoms with Crippen molar-refractivity contribution in [3.63, 3.8) is 0 Å². The molecule has 7 nitrogen and oxygen atoms in total. The molecule has 0 atom stereocenters. The number of aliphatic hydroxyl groups excluding tert-OH is 1. The number of rotatable bonds is 5. The van der Waals surface area contributed by atoms with Gasteiger partial charge < -0.3 is 15.3 Å². The van der Waals surface area contributed by atoms with Crippen LogP contribution < -0.4 is 5.32 Å². The average Bonchev–Trinajstić information content (AvgIpc) is 3.18. The molecule has 29 heavy (non-hydrogen) atoms. The number of H-pyrrole nitrogens is 1. The van der Waals surface area contributed by atoms with Crippen LogP contribution in [0.2, 0.25) is 0 Å². The minimum absolute atomic E-state index is 0.0381. The van der Waals surface area contributed by atoms with E-state index >= 15 is 0 Å². The maximum absolute atomic E-state index is 12.9. The Balaban J connectivity index is 1.44. The van der Waals surface area contributed by atoms with Crippen molar-refractivity contribution in [2.75, 3.05) is 25.0 Å². The fourth-order valence-electron chi connectivity index (χ4n) is 4.67. The summed E-state index contributed by atoms with van der Waals surface area (Å²) in [5.74, 6) is 1.95. The molecule has 3 N–H and O–H groups in total. The smallest absolute Gasteiger partial charge is 0.225 e. The standard InChI is InChI=1S/C22H31N5O2/c1-16-14-20(26-25-16)24-19-9-5-8-18(23-19)22(15-28)10-12-27(13-11-22)21(29)17-6-3-2-4-7-17/h5,8-9,14,17,28H,2-4,6-7,10-13,15H2,1H3,(H2,23,24,25,26). The molecule has 0 radical (unpaired) electrons. The van der Waals surface area contributed by atoms with Crippen molar-refractivity contribution in [2.45, 2.75) is 57.3 Å². The fourth-order valence-corrected chi connectivity index (χ4v) is 4.67. The van der Waals surface area contributed by atoms with Gasteiger partial charge in [0.1, 0.15) is 5.82 Å². The Labute approximate surface area is 171 Å². The number of amides is 1. The maximum Gasteiger partial charge on any atom is 0.225 e. The molecular weight excluding hydrogens is 366 g/mol. The van der Waals surface area contributed by atoms with Crippen LogP contribution in [0.3, 0.4) is 0 Å². The van der Waals surface area contributed by atoms with E-state index in [9.17, 15) is 9.90 Å². The Hall–Kier alpha value is -2.41. The molecule has 1 saturated heterocycles. The molecule has 0 aromatic carbocycles. The lowest BCUT2D eigenvalue weighted by molar-refractivity contribution is -0.138. The number of aryl methyl sites for hydroxylation is 1. The van der Waals surface area contributed by atoms with Crippen LogP contribution in [-0.2, 0) is 10.2 Å². The average molecular weight is 398 g/mol. The van der Waals surface area contributed by atoms with Crippen molar-refractivity contribution in [3.8, 4) is 0 Å². The number of carbonyl (C=O) groups excluding carboxylic acids is 1. The van der Waals surface area contributed by atoms with Crippen LogP contribution >= 0.6 is 0 Å². The number of aromatic amines is 1. The molecule has 2 aromatic heterocycles. The van der Waals surface area contributed by atoms with Crippen molar-refractivity contribution in [1.82, 2.24) is 20.1 Å². The van der Waals surface area contributed by atoms with E-state index in [1.165, 1.54) is 19.3 Å². The molecule has 156 valence electrons. The van der Waals surface area contributed by atoms with E-state index in [4.69, 9.17) is 4.98 Å². The first-order valence-corrected chi connectivity index (χ1v) is 10.8. The predicted octanol–water partition coefficient (Wildman–Crippen LogP) is 3.29. The number of hydrogen-bond acceptors (Lipinski definition) is 5. The van der Waals surface area contributed by atoms with Gasteiger partial charge in [-0.05, 0) is 44.7 Å². The molecule has 0 bridgehead atoms. The van der Waals surface area contributed by atoms with Crippen molar-refractivity contribution in [2.24, 2.45) is 5.92 Å². The molecule has 0 spiro atoms. The zero-order valence-electron chi connectivity index (χ0n) is 17.2. The van der Waals surface area contributed by atoms with E-state index in [1.807, 2.05) is 36.1 Å². The van der Waals surface area contributed by atoms with Gasteiger partial charge in [0, 0.05) is 36.2 Å². The summed E-state index contributed by atoms with van der Waals surface area (Å²) in [6.07, 6.45) is 7.13. The van der Waals surface area contributed by atoms with Crippen LogP contribution in [0, 0.1) is 12.8 Å². The Bertz CT molecular complexity index is 835. The summed E-state index contributed by atoms with van der Waals surface area (Å²) >= 11 is 0. The number of aliphatic hydroxyl groups is 1. The molecule has 0 unspecified atom stereocenters. The SMILES string of the molecule is Cc1cc(Nc2cccc(C3(CO)CCN(C(=O)C4CCCCC4)CC3)n2)n[nH]1. The highest BCUT2D eigenvalue weighted by Crippen LogP contribution is 2.36. The number of nitrogens with one attached hydrogen (secondary N) is 2. The quantitative estimate of drug-likeness (QED) is 0.720. The summed E-state index contributed by atoms with van der Waals surface area (Å²) < 4.78 is 0. The van der Waals surface area contributed by atoms with Crippen molar-refractivity contribution in [1.29, 1.82) is 0 Å². The molecule has 2 aliphatic rings. The van der Waals surface area contributed by atoms with Crippen molar-refractivity contribution in [3.05, 3.63) is 35.7 Å². The third-order valence-corrected chi connectivity index (χ3v) is 6.54. The van der Waals surface area contributed by atoms with Crippen LogP contribution in [0.1, 0.15) is 56.3 Å². The van der Waals surface area contributed by atoms with E-state index in [0.29, 0.717) is 24.8 Å². The van der Waals surface area contributed by atoms with Crippen molar-refractivity contribution >= 4 is 17.5 Å². The minimum Gasteiger partial charge on any atom is -0.395 e. The molecule has 3 heterocycles. The summed E-state index contributed by atoms with van der Waals surface area (Å²) in [4.78, 5) is 19.7. The number of pyridine rings is 1. The fraction of sp³-hybridized carbons (Fsp3) is 0.591. The van der Waals surface area contributed by atoms with E-state index in [2.05, 4.69) is 15.5 Å². The van der Waals surface area contributed by atoms with Gasteiger partial charge in [-0.15, -0.1) is 0 Å². The highest BCUT2D eigenvalue weighted by Gasteiger charge is 2.39. The van der Waals surface area contributed by atoms with Gasteiger partial charge >= 0.3 is 0 Å². The molecule has 7 heteroatoms. The Morgan fingerprint density at radius 3 is 2.66 bits per heavy atom. The van der Waals surface area contributed by atoms with Crippen LogP contribution in [-0.4, -0.2) is 50.8 Å². The predicted molar refractivity (Wildman–Crippen MR) is 112 cm³/mol. The number of anilines is 2. The zero-order valence-corrected chi connectivity index (χ0v) is 17.2. The summed E-state index contributed by atoms with van der Waals surface area (Å²) in [5, 5.41) is 20.6.